The Morgan fingerprint density at radius 3 is 2.87 bits per heavy atom. The van der Waals surface area contributed by atoms with Gasteiger partial charge in [-0.25, -0.2) is 4.79 Å². The van der Waals surface area contributed by atoms with Crippen LogP contribution in [-0.4, -0.2) is 30.4 Å². The first-order valence-corrected chi connectivity index (χ1v) is 7.80. The van der Waals surface area contributed by atoms with Crippen molar-refractivity contribution < 1.29 is 23.4 Å². The largest absolute Gasteiger partial charge is 0.435 e. The minimum Gasteiger partial charge on any atom is -0.435 e. The number of nitrogens with one attached hydrogen (secondary N) is 2. The van der Waals surface area contributed by atoms with Gasteiger partial charge in [-0.05, 0) is 43.2 Å². The van der Waals surface area contributed by atoms with Gasteiger partial charge in [-0.1, -0.05) is 6.07 Å². The third-order valence-corrected chi connectivity index (χ3v) is 4.91. The number of halogens is 2. The van der Waals surface area contributed by atoms with Crippen LogP contribution in [0.2, 0.25) is 0 Å². The summed E-state index contributed by atoms with van der Waals surface area (Å²) in [6, 6.07) is 5.45. The lowest BCUT2D eigenvalue weighted by molar-refractivity contribution is -0.0497. The van der Waals surface area contributed by atoms with Gasteiger partial charge in [0.1, 0.15) is 5.75 Å². The maximum absolute atomic E-state index is 12.2. The van der Waals surface area contributed by atoms with Crippen LogP contribution in [0.5, 0.6) is 5.75 Å². The molecule has 0 heterocycles. The summed E-state index contributed by atoms with van der Waals surface area (Å²) in [6.45, 7) is -2.83. The SMILES string of the molecule is O=C(Nc1cccc(OC(F)F)c1)NC1C2CCC(C2)C1CO. The van der Waals surface area contributed by atoms with Crippen LogP contribution in [-0.2, 0) is 0 Å². The monoisotopic (exact) mass is 326 g/mol. The normalized spacial score (nSPS) is 28.9. The second-order valence-electron chi connectivity index (χ2n) is 6.21. The number of alkyl halides is 2. The zero-order chi connectivity index (χ0) is 16.4. The van der Waals surface area contributed by atoms with E-state index in [2.05, 4.69) is 15.4 Å². The zero-order valence-electron chi connectivity index (χ0n) is 12.5. The number of hydrogen-bond donors (Lipinski definition) is 3. The summed E-state index contributed by atoms with van der Waals surface area (Å²) in [5.41, 5.74) is 0.379. The number of carbonyl (C=O) groups is 1. The zero-order valence-corrected chi connectivity index (χ0v) is 12.5. The van der Waals surface area contributed by atoms with Gasteiger partial charge in [0.2, 0.25) is 0 Å². The second kappa shape index (κ2) is 6.70. The van der Waals surface area contributed by atoms with Gasteiger partial charge in [-0.2, -0.15) is 8.78 Å². The van der Waals surface area contributed by atoms with Gasteiger partial charge in [-0.3, -0.25) is 0 Å². The van der Waals surface area contributed by atoms with E-state index in [9.17, 15) is 18.7 Å². The molecular weight excluding hydrogens is 306 g/mol. The molecule has 2 bridgehead atoms. The summed E-state index contributed by atoms with van der Waals surface area (Å²) in [5.74, 6) is 0.994. The van der Waals surface area contributed by atoms with Crippen LogP contribution in [0.25, 0.3) is 0 Å². The Kier molecular flexibility index (Phi) is 4.66. The van der Waals surface area contributed by atoms with Crippen molar-refractivity contribution in [2.75, 3.05) is 11.9 Å². The van der Waals surface area contributed by atoms with E-state index in [1.807, 2.05) is 0 Å². The van der Waals surface area contributed by atoms with Crippen LogP contribution >= 0.6 is 0 Å². The molecule has 2 fully saturated rings. The van der Waals surface area contributed by atoms with Gasteiger partial charge in [0, 0.05) is 30.3 Å². The fourth-order valence-electron chi connectivity index (χ4n) is 3.97. The van der Waals surface area contributed by atoms with Gasteiger partial charge in [0.25, 0.3) is 0 Å². The van der Waals surface area contributed by atoms with Crippen molar-refractivity contribution in [1.82, 2.24) is 5.32 Å². The molecular formula is C16H20F2N2O3. The number of rotatable bonds is 5. The molecule has 5 nitrogen and oxygen atoms in total. The molecule has 1 aromatic rings. The van der Waals surface area contributed by atoms with Gasteiger partial charge >= 0.3 is 12.6 Å². The molecule has 0 spiro atoms. The minimum absolute atomic E-state index is 0.00837. The molecule has 0 aliphatic heterocycles. The highest BCUT2D eigenvalue weighted by Gasteiger charge is 2.47. The molecule has 3 rings (SSSR count). The number of urea groups is 1. The molecule has 23 heavy (non-hydrogen) atoms. The standard InChI is InChI=1S/C16H20F2N2O3/c17-15(18)23-12-3-1-2-11(7-12)19-16(22)20-14-10-5-4-9(6-10)13(14)8-21/h1-3,7,9-10,13-15,21H,4-6,8H2,(H2,19,20,22). The van der Waals surface area contributed by atoms with Crippen molar-refractivity contribution in [3.8, 4) is 5.75 Å². The van der Waals surface area contributed by atoms with Crippen molar-refractivity contribution in [3.05, 3.63) is 24.3 Å². The number of hydrogen-bond acceptors (Lipinski definition) is 3. The number of carbonyl (C=O) groups excluding carboxylic acids is 1. The van der Waals surface area contributed by atoms with E-state index in [-0.39, 0.29) is 24.3 Å². The molecule has 2 amide bonds. The van der Waals surface area contributed by atoms with E-state index in [1.165, 1.54) is 18.2 Å². The average Bonchev–Trinajstić information content (AvgIpc) is 3.07. The minimum atomic E-state index is -2.90. The average molecular weight is 326 g/mol. The van der Waals surface area contributed by atoms with Gasteiger partial charge < -0.3 is 20.5 Å². The lowest BCUT2D eigenvalue weighted by Gasteiger charge is -2.30. The molecule has 4 unspecified atom stereocenters. The summed E-state index contributed by atoms with van der Waals surface area (Å²) in [5, 5.41) is 15.1. The molecule has 0 aromatic heterocycles. The summed E-state index contributed by atoms with van der Waals surface area (Å²) >= 11 is 0. The van der Waals surface area contributed by atoms with E-state index >= 15 is 0 Å². The number of ether oxygens (including phenoxy) is 1. The topological polar surface area (TPSA) is 70.6 Å². The molecule has 126 valence electrons. The van der Waals surface area contributed by atoms with Crippen molar-refractivity contribution >= 4 is 11.7 Å². The molecule has 0 saturated heterocycles. The van der Waals surface area contributed by atoms with Crippen molar-refractivity contribution in [1.29, 1.82) is 0 Å². The van der Waals surface area contributed by atoms with E-state index in [0.29, 0.717) is 17.5 Å². The van der Waals surface area contributed by atoms with Gasteiger partial charge in [0.05, 0.1) is 0 Å². The van der Waals surface area contributed by atoms with E-state index in [4.69, 9.17) is 0 Å². The third kappa shape index (κ3) is 3.55. The van der Waals surface area contributed by atoms with Crippen molar-refractivity contribution in [2.24, 2.45) is 17.8 Å². The predicted octanol–water partition coefficient (Wildman–Crippen LogP) is 2.82. The number of fused-ring (bicyclic) bond motifs is 2. The molecule has 1 aromatic carbocycles. The number of aliphatic hydroxyl groups is 1. The number of aliphatic hydroxyl groups excluding tert-OH is 1. The summed E-state index contributed by atoms with van der Waals surface area (Å²) in [6.07, 6.45) is 3.24. The number of amides is 2. The molecule has 2 aliphatic carbocycles. The highest BCUT2D eigenvalue weighted by Crippen LogP contribution is 2.48. The smallest absolute Gasteiger partial charge is 0.387 e. The quantitative estimate of drug-likeness (QED) is 0.779. The van der Waals surface area contributed by atoms with Gasteiger partial charge in [0.15, 0.2) is 0 Å². The fraction of sp³-hybridized carbons (Fsp3) is 0.562. The maximum atomic E-state index is 12.2. The summed E-state index contributed by atoms with van der Waals surface area (Å²) in [7, 11) is 0. The Bertz CT molecular complexity index is 570. The lowest BCUT2D eigenvalue weighted by atomic mass is 9.85. The highest BCUT2D eigenvalue weighted by atomic mass is 19.3. The van der Waals surface area contributed by atoms with Crippen molar-refractivity contribution in [2.45, 2.75) is 31.9 Å². The molecule has 7 heteroatoms. The van der Waals surface area contributed by atoms with Crippen LogP contribution in [0.15, 0.2) is 24.3 Å². The first-order valence-electron chi connectivity index (χ1n) is 7.80. The van der Waals surface area contributed by atoms with Crippen LogP contribution < -0.4 is 15.4 Å². The number of anilines is 1. The second-order valence-corrected chi connectivity index (χ2v) is 6.21. The van der Waals surface area contributed by atoms with Gasteiger partial charge in [-0.15, -0.1) is 0 Å². The Labute approximate surface area is 133 Å². The Balaban J connectivity index is 1.59. The Morgan fingerprint density at radius 1 is 1.35 bits per heavy atom. The summed E-state index contributed by atoms with van der Waals surface area (Å²) in [4.78, 5) is 12.1. The first kappa shape index (κ1) is 16.0. The Morgan fingerprint density at radius 2 is 2.13 bits per heavy atom. The summed E-state index contributed by atoms with van der Waals surface area (Å²) < 4.78 is 28.7. The van der Waals surface area contributed by atoms with Crippen LogP contribution in [0.1, 0.15) is 19.3 Å². The predicted molar refractivity (Wildman–Crippen MR) is 80.4 cm³/mol. The Hall–Kier alpha value is -1.89. The highest BCUT2D eigenvalue weighted by molar-refractivity contribution is 5.89. The molecule has 3 N–H and O–H groups in total. The van der Waals surface area contributed by atoms with E-state index in [1.54, 1.807) is 6.07 Å². The van der Waals surface area contributed by atoms with E-state index < -0.39 is 12.6 Å². The first-order chi connectivity index (χ1) is 11.1. The fourth-order valence-corrected chi connectivity index (χ4v) is 3.97. The maximum Gasteiger partial charge on any atom is 0.387 e. The lowest BCUT2D eigenvalue weighted by Crippen LogP contribution is -2.46. The third-order valence-electron chi connectivity index (χ3n) is 4.91. The van der Waals surface area contributed by atoms with Crippen LogP contribution in [0, 0.1) is 17.8 Å². The number of benzene rings is 1. The molecule has 2 saturated carbocycles. The molecule has 0 radical (unpaired) electrons. The van der Waals surface area contributed by atoms with Crippen LogP contribution in [0.3, 0.4) is 0 Å². The molecule has 4 atom stereocenters. The van der Waals surface area contributed by atoms with Crippen LogP contribution in [0.4, 0.5) is 19.3 Å². The van der Waals surface area contributed by atoms with Crippen molar-refractivity contribution in [3.63, 3.8) is 0 Å². The molecule has 2 aliphatic rings. The van der Waals surface area contributed by atoms with E-state index in [0.717, 1.165) is 19.3 Å².